The summed E-state index contributed by atoms with van der Waals surface area (Å²) in [5, 5.41) is 2.63. The lowest BCUT2D eigenvalue weighted by molar-refractivity contribution is 0.669. The fraction of sp³-hybridized carbons (Fsp3) is 0. The molecule has 0 radical (unpaired) electrons. The largest absolute Gasteiger partial charge is 0.454 e. The molecule has 0 aliphatic rings. The molecular weight excluding hydrogens is 639 g/mol. The van der Waals surface area contributed by atoms with Crippen molar-refractivity contribution in [3.05, 3.63) is 188 Å². The standard InChI is InChI=1S/C48H31NOS/c1-3-12-32(13-4-1)33-22-26-36(27-23-33)49(37-28-24-35(25-29-37)38-18-11-21-45-46(38)42-17-8-10-20-44(42)51-45)47-39(34-14-5-2-6-15-34)30-31-41-40-16-7-9-19-43(40)50-48(41)47/h1-31H/i8D,10D,11D,17D,18D,20D,21D. The summed E-state index contributed by atoms with van der Waals surface area (Å²) in [5.41, 5.74) is 9.09. The van der Waals surface area contributed by atoms with Gasteiger partial charge in [0.25, 0.3) is 0 Å². The Hall–Kier alpha value is -6.42. The predicted molar refractivity (Wildman–Crippen MR) is 218 cm³/mol. The first-order valence-corrected chi connectivity index (χ1v) is 17.5. The van der Waals surface area contributed by atoms with Crippen molar-refractivity contribution < 1.29 is 14.0 Å². The monoisotopic (exact) mass is 676 g/mol. The van der Waals surface area contributed by atoms with Gasteiger partial charge in [0.15, 0.2) is 5.58 Å². The van der Waals surface area contributed by atoms with Gasteiger partial charge in [-0.3, -0.25) is 0 Å². The Kier molecular flexibility index (Phi) is 5.50. The molecule has 0 saturated carbocycles. The first kappa shape index (κ1) is 23.1. The van der Waals surface area contributed by atoms with Crippen LogP contribution in [-0.2, 0) is 0 Å². The predicted octanol–water partition coefficient (Wildman–Crippen LogP) is 14.4. The fourth-order valence-corrected chi connectivity index (χ4v) is 8.01. The van der Waals surface area contributed by atoms with Gasteiger partial charge < -0.3 is 9.32 Å². The van der Waals surface area contributed by atoms with Gasteiger partial charge in [-0.05, 0) is 76.3 Å². The summed E-state index contributed by atoms with van der Waals surface area (Å²) >= 11 is 1.07. The summed E-state index contributed by atoms with van der Waals surface area (Å²) in [4.78, 5) is 2.18. The third-order valence-electron chi connectivity index (χ3n) is 9.42. The summed E-state index contributed by atoms with van der Waals surface area (Å²) in [7, 11) is 0. The minimum atomic E-state index is -0.380. The molecule has 0 saturated heterocycles. The Balaban J connectivity index is 1.23. The van der Waals surface area contributed by atoms with Gasteiger partial charge in [0.05, 0.1) is 15.3 Å². The van der Waals surface area contributed by atoms with E-state index in [-0.39, 0.29) is 47.7 Å². The average Bonchev–Trinajstić information content (AvgIpc) is 3.86. The van der Waals surface area contributed by atoms with Crippen LogP contribution in [0.5, 0.6) is 0 Å². The highest BCUT2D eigenvalue weighted by molar-refractivity contribution is 7.25. The molecule has 0 aliphatic carbocycles. The van der Waals surface area contributed by atoms with E-state index in [2.05, 4.69) is 71.6 Å². The van der Waals surface area contributed by atoms with E-state index in [0.717, 1.165) is 72.6 Å². The molecule has 10 rings (SSSR count). The number of hydrogen-bond donors (Lipinski definition) is 0. The lowest BCUT2D eigenvalue weighted by Crippen LogP contribution is -2.11. The van der Waals surface area contributed by atoms with Crippen molar-refractivity contribution in [3.8, 4) is 33.4 Å². The van der Waals surface area contributed by atoms with Gasteiger partial charge in [-0.2, -0.15) is 0 Å². The average molecular weight is 677 g/mol. The first-order valence-electron chi connectivity index (χ1n) is 20.2. The van der Waals surface area contributed by atoms with E-state index in [4.69, 9.17) is 14.0 Å². The highest BCUT2D eigenvalue weighted by atomic mass is 32.1. The molecule has 0 atom stereocenters. The summed E-state index contributed by atoms with van der Waals surface area (Å²) in [6.45, 7) is 0. The zero-order valence-electron chi connectivity index (χ0n) is 34.1. The molecular formula is C48H31NOS. The normalized spacial score (nSPS) is 13.5. The minimum Gasteiger partial charge on any atom is -0.454 e. The number of para-hydroxylation sites is 1. The van der Waals surface area contributed by atoms with Crippen LogP contribution in [-0.4, -0.2) is 0 Å². The van der Waals surface area contributed by atoms with Gasteiger partial charge in [0, 0.05) is 47.9 Å². The van der Waals surface area contributed by atoms with Crippen molar-refractivity contribution >= 4 is 70.5 Å². The number of nitrogens with zero attached hydrogens (tertiary/aromatic N) is 1. The maximum Gasteiger partial charge on any atom is 0.160 e. The van der Waals surface area contributed by atoms with Gasteiger partial charge in [-0.1, -0.05) is 139 Å². The van der Waals surface area contributed by atoms with Crippen molar-refractivity contribution in [2.75, 3.05) is 4.90 Å². The van der Waals surface area contributed by atoms with Crippen molar-refractivity contribution in [1.29, 1.82) is 0 Å². The second-order valence-corrected chi connectivity index (χ2v) is 13.4. The fourth-order valence-electron chi connectivity index (χ4n) is 7.04. The molecule has 2 aromatic heterocycles. The van der Waals surface area contributed by atoms with E-state index in [1.54, 1.807) is 0 Å². The third-order valence-corrected chi connectivity index (χ3v) is 10.4. The molecule has 0 aliphatic heterocycles. The molecule has 0 bridgehead atoms. The zero-order chi connectivity index (χ0) is 39.8. The van der Waals surface area contributed by atoms with E-state index in [9.17, 15) is 0 Å². The van der Waals surface area contributed by atoms with Crippen molar-refractivity contribution in [2.24, 2.45) is 0 Å². The van der Waals surface area contributed by atoms with Gasteiger partial charge in [0.2, 0.25) is 0 Å². The van der Waals surface area contributed by atoms with Crippen LogP contribution in [0.3, 0.4) is 0 Å². The third kappa shape index (κ3) is 5.01. The summed E-state index contributed by atoms with van der Waals surface area (Å²) in [6.07, 6.45) is 0. The summed E-state index contributed by atoms with van der Waals surface area (Å²) in [6, 6.07) is 47.0. The van der Waals surface area contributed by atoms with E-state index >= 15 is 0 Å². The SMILES string of the molecule is [2H]c1c([2H])c([2H])c2c(sc3c([2H])c([2H])c([2H])c(-c4ccc(N(c5ccc(-c6ccccc6)cc5)c5c(-c6ccccc6)ccc6c5oc5ccccc56)cc4)c32)c1[2H]. The molecule has 240 valence electrons. The topological polar surface area (TPSA) is 16.4 Å². The molecule has 0 spiro atoms. The first-order chi connectivity index (χ1) is 28.2. The van der Waals surface area contributed by atoms with Gasteiger partial charge in [-0.15, -0.1) is 11.3 Å². The molecule has 0 unspecified atom stereocenters. The quantitative estimate of drug-likeness (QED) is 0.174. The van der Waals surface area contributed by atoms with Crippen LogP contribution in [0.1, 0.15) is 9.60 Å². The van der Waals surface area contributed by atoms with Crippen molar-refractivity contribution in [2.45, 2.75) is 0 Å². The van der Waals surface area contributed by atoms with Gasteiger partial charge in [0.1, 0.15) is 5.58 Å². The lowest BCUT2D eigenvalue weighted by atomic mass is 9.97. The van der Waals surface area contributed by atoms with E-state index in [1.165, 1.54) is 0 Å². The number of furan rings is 1. The van der Waals surface area contributed by atoms with Gasteiger partial charge >= 0.3 is 0 Å². The van der Waals surface area contributed by atoms with Crippen molar-refractivity contribution in [3.63, 3.8) is 0 Å². The Labute approximate surface area is 309 Å². The van der Waals surface area contributed by atoms with E-state index < -0.39 is 0 Å². The van der Waals surface area contributed by atoms with Crippen LogP contribution >= 0.6 is 11.3 Å². The highest BCUT2D eigenvalue weighted by Gasteiger charge is 2.24. The van der Waals surface area contributed by atoms with Crippen LogP contribution in [0.25, 0.3) is 75.5 Å². The minimum absolute atomic E-state index is 0.170. The second-order valence-electron chi connectivity index (χ2n) is 12.4. The van der Waals surface area contributed by atoms with Gasteiger partial charge in [-0.25, -0.2) is 0 Å². The van der Waals surface area contributed by atoms with E-state index in [0.29, 0.717) is 25.9 Å². The van der Waals surface area contributed by atoms with Crippen LogP contribution < -0.4 is 4.90 Å². The van der Waals surface area contributed by atoms with Crippen LogP contribution in [0, 0.1) is 0 Å². The smallest absolute Gasteiger partial charge is 0.160 e. The Bertz CT molecular complexity index is 3240. The maximum atomic E-state index is 9.14. The Morgan fingerprint density at radius 3 is 1.82 bits per heavy atom. The number of anilines is 3. The zero-order valence-corrected chi connectivity index (χ0v) is 27.9. The number of benzene rings is 8. The molecule has 10 aromatic rings. The number of thiophene rings is 1. The second kappa shape index (κ2) is 12.2. The molecule has 3 heteroatoms. The summed E-state index contributed by atoms with van der Waals surface area (Å²) < 4.78 is 68.3. The number of fused-ring (bicyclic) bond motifs is 6. The number of hydrogen-bond acceptors (Lipinski definition) is 3. The molecule has 2 nitrogen and oxygen atoms in total. The van der Waals surface area contributed by atoms with Crippen molar-refractivity contribution in [1.82, 2.24) is 0 Å². The lowest BCUT2D eigenvalue weighted by Gasteiger charge is -2.28. The Morgan fingerprint density at radius 1 is 0.451 bits per heavy atom. The highest BCUT2D eigenvalue weighted by Crippen LogP contribution is 2.48. The summed E-state index contributed by atoms with van der Waals surface area (Å²) in [5.74, 6) is 0. The molecule has 51 heavy (non-hydrogen) atoms. The maximum absolute atomic E-state index is 9.14. The van der Waals surface area contributed by atoms with Crippen LogP contribution in [0.15, 0.2) is 192 Å². The number of rotatable bonds is 6. The van der Waals surface area contributed by atoms with Crippen LogP contribution in [0.2, 0.25) is 0 Å². The molecule has 0 fully saturated rings. The molecule has 8 aromatic carbocycles. The molecule has 2 heterocycles. The van der Waals surface area contributed by atoms with E-state index in [1.807, 2.05) is 78.9 Å². The van der Waals surface area contributed by atoms with Crippen LogP contribution in [0.4, 0.5) is 17.1 Å². The Morgan fingerprint density at radius 2 is 1.06 bits per heavy atom. The molecule has 0 amide bonds. The molecule has 0 N–H and O–H groups in total.